The van der Waals surface area contributed by atoms with E-state index in [1.54, 1.807) is 32.9 Å². The van der Waals surface area contributed by atoms with E-state index in [0.717, 1.165) is 5.56 Å². The second kappa shape index (κ2) is 5.27. The Morgan fingerprint density at radius 3 is 2.53 bits per heavy atom. The van der Waals surface area contributed by atoms with E-state index in [0.29, 0.717) is 10.7 Å². The van der Waals surface area contributed by atoms with Crippen LogP contribution in [0.25, 0.3) is 0 Å². The third-order valence-electron chi connectivity index (χ3n) is 1.82. The van der Waals surface area contributed by atoms with Crippen molar-refractivity contribution in [2.45, 2.75) is 33.3 Å². The average Bonchev–Trinajstić information content (AvgIpc) is 2.13. The topological polar surface area (TPSA) is 50.4 Å². The highest BCUT2D eigenvalue weighted by molar-refractivity contribution is 6.33. The molecule has 0 spiro atoms. The van der Waals surface area contributed by atoms with Crippen molar-refractivity contribution >= 4 is 23.4 Å². The molecule has 17 heavy (non-hydrogen) atoms. The van der Waals surface area contributed by atoms with Crippen molar-refractivity contribution in [3.63, 3.8) is 0 Å². The fourth-order valence-electron chi connectivity index (χ4n) is 1.14. The first-order valence-corrected chi connectivity index (χ1v) is 5.67. The summed E-state index contributed by atoms with van der Waals surface area (Å²) in [5.41, 5.74) is 6.28. The number of carbonyl (C=O) groups excluding carboxylic acids is 1. The Labute approximate surface area is 106 Å². The monoisotopic (exact) mass is 256 g/mol. The number of hydrazine groups is 1. The van der Waals surface area contributed by atoms with E-state index in [2.05, 4.69) is 10.9 Å². The molecule has 0 saturated carbocycles. The minimum Gasteiger partial charge on any atom is -0.443 e. The molecule has 0 unspecified atom stereocenters. The van der Waals surface area contributed by atoms with Gasteiger partial charge in [-0.05, 0) is 45.4 Å². The Bertz CT molecular complexity index is 413. The van der Waals surface area contributed by atoms with Gasteiger partial charge in [0, 0.05) is 0 Å². The van der Waals surface area contributed by atoms with E-state index in [4.69, 9.17) is 16.3 Å². The minimum atomic E-state index is -0.547. The van der Waals surface area contributed by atoms with Crippen molar-refractivity contribution in [1.29, 1.82) is 0 Å². The van der Waals surface area contributed by atoms with E-state index in [-0.39, 0.29) is 0 Å². The first-order valence-electron chi connectivity index (χ1n) is 5.29. The molecular formula is C12H17ClN2O2. The van der Waals surface area contributed by atoms with Crippen LogP contribution in [-0.4, -0.2) is 11.7 Å². The number of hydrogen-bond acceptors (Lipinski definition) is 3. The van der Waals surface area contributed by atoms with Gasteiger partial charge in [0.1, 0.15) is 5.60 Å². The molecule has 1 aromatic rings. The molecule has 0 aromatic heterocycles. The summed E-state index contributed by atoms with van der Waals surface area (Å²) in [4.78, 5) is 11.4. The van der Waals surface area contributed by atoms with Gasteiger partial charge in [-0.2, -0.15) is 0 Å². The molecule has 0 heterocycles. The number of carbonyl (C=O) groups is 1. The first-order chi connectivity index (χ1) is 7.78. The predicted octanol–water partition coefficient (Wildman–Crippen LogP) is 3.50. The molecule has 5 heteroatoms. The maximum absolute atomic E-state index is 11.4. The van der Waals surface area contributed by atoms with Crippen LogP contribution in [0.2, 0.25) is 5.02 Å². The van der Waals surface area contributed by atoms with Crippen molar-refractivity contribution in [3.05, 3.63) is 28.8 Å². The molecule has 0 radical (unpaired) electrons. The molecular weight excluding hydrogens is 240 g/mol. The summed E-state index contributed by atoms with van der Waals surface area (Å²) in [7, 11) is 0. The van der Waals surface area contributed by atoms with E-state index < -0.39 is 11.7 Å². The lowest BCUT2D eigenvalue weighted by Gasteiger charge is -2.20. The van der Waals surface area contributed by atoms with E-state index in [1.165, 1.54) is 0 Å². The maximum Gasteiger partial charge on any atom is 0.426 e. The number of anilines is 1. The second-order valence-electron chi connectivity index (χ2n) is 4.74. The lowest BCUT2D eigenvalue weighted by molar-refractivity contribution is 0.0541. The molecule has 0 aliphatic heterocycles. The van der Waals surface area contributed by atoms with Crippen LogP contribution in [0.3, 0.4) is 0 Å². The largest absolute Gasteiger partial charge is 0.443 e. The molecule has 2 N–H and O–H groups in total. The summed E-state index contributed by atoms with van der Waals surface area (Å²) in [6.07, 6.45) is -0.547. The zero-order chi connectivity index (χ0) is 13.1. The summed E-state index contributed by atoms with van der Waals surface area (Å²) < 4.78 is 5.07. The number of benzene rings is 1. The van der Waals surface area contributed by atoms with Crippen LogP contribution in [0.5, 0.6) is 0 Å². The Morgan fingerprint density at radius 1 is 1.35 bits per heavy atom. The number of amides is 1. The van der Waals surface area contributed by atoms with Gasteiger partial charge >= 0.3 is 6.09 Å². The number of ether oxygens (including phenoxy) is 1. The third kappa shape index (κ3) is 4.95. The van der Waals surface area contributed by atoms with Crippen LogP contribution in [0.15, 0.2) is 18.2 Å². The standard InChI is InChI=1S/C12H17ClN2O2/c1-8-5-6-10(9(13)7-8)14-15-11(16)17-12(2,3)4/h5-7,14H,1-4H3,(H,15,16). The second-order valence-corrected chi connectivity index (χ2v) is 5.14. The van der Waals surface area contributed by atoms with Crippen LogP contribution < -0.4 is 10.9 Å². The fourth-order valence-corrected chi connectivity index (χ4v) is 1.43. The van der Waals surface area contributed by atoms with Gasteiger partial charge in [0.15, 0.2) is 0 Å². The lowest BCUT2D eigenvalue weighted by Crippen LogP contribution is -2.35. The van der Waals surface area contributed by atoms with Gasteiger partial charge < -0.3 is 4.74 Å². The van der Waals surface area contributed by atoms with Crippen LogP contribution in [-0.2, 0) is 4.74 Å². The van der Waals surface area contributed by atoms with Gasteiger partial charge in [-0.25, -0.2) is 10.2 Å². The van der Waals surface area contributed by atoms with Crippen LogP contribution in [0.4, 0.5) is 10.5 Å². The van der Waals surface area contributed by atoms with Crippen LogP contribution in [0.1, 0.15) is 26.3 Å². The number of rotatable bonds is 2. The highest BCUT2D eigenvalue weighted by atomic mass is 35.5. The SMILES string of the molecule is Cc1ccc(NNC(=O)OC(C)(C)C)c(Cl)c1. The van der Waals surface area contributed by atoms with Gasteiger partial charge in [-0.1, -0.05) is 17.7 Å². The summed E-state index contributed by atoms with van der Waals surface area (Å²) in [6.45, 7) is 7.33. The zero-order valence-corrected chi connectivity index (χ0v) is 11.2. The van der Waals surface area contributed by atoms with Crippen LogP contribution >= 0.6 is 11.6 Å². The highest BCUT2D eigenvalue weighted by Crippen LogP contribution is 2.21. The smallest absolute Gasteiger partial charge is 0.426 e. The summed E-state index contributed by atoms with van der Waals surface area (Å²) in [5.74, 6) is 0. The fraction of sp³-hybridized carbons (Fsp3) is 0.417. The Kier molecular flexibility index (Phi) is 4.23. The van der Waals surface area contributed by atoms with Crippen LogP contribution in [0, 0.1) is 6.92 Å². The maximum atomic E-state index is 11.4. The molecule has 94 valence electrons. The summed E-state index contributed by atoms with van der Waals surface area (Å²) >= 11 is 5.99. The van der Waals surface area contributed by atoms with Crippen molar-refractivity contribution in [1.82, 2.24) is 5.43 Å². The number of aryl methyl sites for hydroxylation is 1. The van der Waals surface area contributed by atoms with E-state index >= 15 is 0 Å². The Hall–Kier alpha value is -1.42. The average molecular weight is 257 g/mol. The Morgan fingerprint density at radius 2 is 2.00 bits per heavy atom. The van der Waals surface area contributed by atoms with Crippen molar-refractivity contribution in [3.8, 4) is 0 Å². The molecule has 0 bridgehead atoms. The van der Waals surface area contributed by atoms with Gasteiger partial charge in [-0.3, -0.25) is 5.43 Å². The van der Waals surface area contributed by atoms with Crippen molar-refractivity contribution < 1.29 is 9.53 Å². The van der Waals surface area contributed by atoms with Crippen molar-refractivity contribution in [2.24, 2.45) is 0 Å². The zero-order valence-electron chi connectivity index (χ0n) is 10.4. The number of hydrogen-bond donors (Lipinski definition) is 2. The summed E-state index contributed by atoms with van der Waals surface area (Å²) in [5, 5.41) is 0.543. The van der Waals surface area contributed by atoms with Gasteiger partial charge in [0.05, 0.1) is 10.7 Å². The molecule has 1 rings (SSSR count). The molecule has 0 fully saturated rings. The van der Waals surface area contributed by atoms with Gasteiger partial charge in [-0.15, -0.1) is 0 Å². The Balaban J connectivity index is 2.53. The van der Waals surface area contributed by atoms with E-state index in [1.807, 2.05) is 13.0 Å². The first kappa shape index (κ1) is 13.6. The summed E-state index contributed by atoms with van der Waals surface area (Å²) in [6, 6.07) is 5.49. The number of halogens is 1. The normalized spacial score (nSPS) is 10.9. The molecule has 1 amide bonds. The third-order valence-corrected chi connectivity index (χ3v) is 2.14. The molecule has 0 aliphatic carbocycles. The molecule has 0 aliphatic rings. The van der Waals surface area contributed by atoms with Gasteiger partial charge in [0.25, 0.3) is 0 Å². The molecule has 0 atom stereocenters. The van der Waals surface area contributed by atoms with Crippen molar-refractivity contribution in [2.75, 3.05) is 5.43 Å². The molecule has 4 nitrogen and oxygen atoms in total. The lowest BCUT2D eigenvalue weighted by atomic mass is 10.2. The molecule has 0 saturated heterocycles. The minimum absolute atomic E-state index is 0.525. The van der Waals surface area contributed by atoms with E-state index in [9.17, 15) is 4.79 Å². The van der Waals surface area contributed by atoms with Gasteiger partial charge in [0.2, 0.25) is 0 Å². The number of nitrogens with one attached hydrogen (secondary N) is 2. The highest BCUT2D eigenvalue weighted by Gasteiger charge is 2.15. The predicted molar refractivity (Wildman–Crippen MR) is 69.2 cm³/mol. The molecule has 1 aromatic carbocycles. The quantitative estimate of drug-likeness (QED) is 0.797.